The summed E-state index contributed by atoms with van der Waals surface area (Å²) < 4.78 is 1.88. The van der Waals surface area contributed by atoms with Gasteiger partial charge in [-0.1, -0.05) is 12.1 Å². The molecule has 0 radical (unpaired) electrons. The maximum Gasteiger partial charge on any atom is 0.220 e. The summed E-state index contributed by atoms with van der Waals surface area (Å²) in [6.45, 7) is 5.87. The smallest absolute Gasteiger partial charge is 0.220 e. The number of benzene rings is 1. The van der Waals surface area contributed by atoms with E-state index in [0.717, 1.165) is 40.0 Å². The van der Waals surface area contributed by atoms with Crippen molar-refractivity contribution in [2.75, 3.05) is 19.6 Å². The minimum atomic E-state index is -0.379. The first-order valence-electron chi connectivity index (χ1n) is 9.43. The molecule has 2 atom stereocenters. The lowest BCUT2D eigenvalue weighted by molar-refractivity contribution is -0.121. The third kappa shape index (κ3) is 3.40. The number of β-amino-alcohol motifs (C(OH)–C–C–N with tert-alkyl or cyclic N) is 1. The van der Waals surface area contributed by atoms with Gasteiger partial charge in [-0.15, -0.1) is 0 Å². The van der Waals surface area contributed by atoms with Gasteiger partial charge in [0.15, 0.2) is 5.65 Å². The number of amides is 1. The molecule has 4 rings (SSSR count). The molecule has 0 saturated carbocycles. The molecular formula is C20H25N5O2. The van der Waals surface area contributed by atoms with Gasteiger partial charge in [-0.2, -0.15) is 5.10 Å². The summed E-state index contributed by atoms with van der Waals surface area (Å²) in [6.07, 6.45) is 0.635. The van der Waals surface area contributed by atoms with E-state index < -0.39 is 0 Å². The predicted molar refractivity (Wildman–Crippen MR) is 104 cm³/mol. The van der Waals surface area contributed by atoms with Gasteiger partial charge in [0.1, 0.15) is 0 Å². The molecule has 7 nitrogen and oxygen atoms in total. The summed E-state index contributed by atoms with van der Waals surface area (Å²) in [5.41, 5.74) is 4.81. The molecule has 142 valence electrons. The Balaban J connectivity index is 1.48. The molecule has 3 heterocycles. The molecular weight excluding hydrogens is 342 g/mol. The number of rotatable bonds is 5. The van der Waals surface area contributed by atoms with Crippen molar-refractivity contribution in [2.45, 2.75) is 32.8 Å². The zero-order chi connectivity index (χ0) is 19.0. The molecule has 0 spiro atoms. The van der Waals surface area contributed by atoms with E-state index in [1.54, 1.807) is 0 Å². The minimum Gasteiger partial charge on any atom is -0.391 e. The number of carbonyl (C=O) groups excluding carboxylic acids is 1. The topological polar surface area (TPSA) is 91.6 Å². The highest BCUT2D eigenvalue weighted by molar-refractivity contribution is 5.92. The number of aliphatic hydroxyl groups is 1. The summed E-state index contributed by atoms with van der Waals surface area (Å²) in [5.74, 6) is 0.0885. The molecule has 1 aromatic carbocycles. The summed E-state index contributed by atoms with van der Waals surface area (Å²) in [7, 11) is 0. The fourth-order valence-corrected chi connectivity index (χ4v) is 3.84. The van der Waals surface area contributed by atoms with Gasteiger partial charge in [0.05, 0.1) is 11.6 Å². The van der Waals surface area contributed by atoms with Crippen molar-refractivity contribution in [3.05, 3.63) is 41.2 Å². The lowest BCUT2D eigenvalue weighted by Crippen LogP contribution is -2.34. The lowest BCUT2D eigenvalue weighted by atomic mass is 10.0. The van der Waals surface area contributed by atoms with Gasteiger partial charge in [-0.05, 0) is 38.0 Å². The molecule has 2 aromatic heterocycles. The third-order valence-corrected chi connectivity index (χ3v) is 5.49. The van der Waals surface area contributed by atoms with E-state index in [2.05, 4.69) is 15.7 Å². The van der Waals surface area contributed by atoms with Crippen molar-refractivity contribution < 1.29 is 9.90 Å². The standard InChI is InChI=1S/C20H25N5O2/c1-12-15(7-8-19(27)22-10-14-9-21-11-18(14)26)13(2)25-20(23-12)16-5-3-4-6-17(16)24-25/h3-6,14,18,21,26H,7-11H2,1-2H3,(H,22,27). The summed E-state index contributed by atoms with van der Waals surface area (Å²) in [5, 5.41) is 21.6. The van der Waals surface area contributed by atoms with E-state index in [9.17, 15) is 9.90 Å². The number of nitrogens with one attached hydrogen (secondary N) is 2. The predicted octanol–water partition coefficient (Wildman–Crippen LogP) is 1.13. The zero-order valence-electron chi connectivity index (χ0n) is 15.7. The Hall–Kier alpha value is -2.51. The van der Waals surface area contributed by atoms with Crippen LogP contribution in [-0.2, 0) is 11.2 Å². The Labute approximate surface area is 157 Å². The second kappa shape index (κ2) is 7.25. The quantitative estimate of drug-likeness (QED) is 0.629. The van der Waals surface area contributed by atoms with Gasteiger partial charge in [0.25, 0.3) is 0 Å². The molecule has 3 aromatic rings. The number of hydrogen-bond donors (Lipinski definition) is 3. The Morgan fingerprint density at radius 3 is 2.93 bits per heavy atom. The van der Waals surface area contributed by atoms with Crippen LogP contribution >= 0.6 is 0 Å². The minimum absolute atomic E-state index is 0.00127. The van der Waals surface area contributed by atoms with Gasteiger partial charge in [-0.3, -0.25) is 4.79 Å². The SMILES string of the molecule is Cc1nc2c3ccccc3nn2c(C)c1CCC(=O)NCC1CNCC1O. The van der Waals surface area contributed by atoms with Crippen LogP contribution in [0.5, 0.6) is 0 Å². The number of aryl methyl sites for hydroxylation is 2. The molecule has 2 unspecified atom stereocenters. The Morgan fingerprint density at radius 1 is 1.33 bits per heavy atom. The van der Waals surface area contributed by atoms with Crippen LogP contribution in [0, 0.1) is 19.8 Å². The maximum absolute atomic E-state index is 12.3. The molecule has 1 aliphatic heterocycles. The van der Waals surface area contributed by atoms with E-state index in [-0.39, 0.29) is 17.9 Å². The molecule has 0 bridgehead atoms. The van der Waals surface area contributed by atoms with E-state index in [4.69, 9.17) is 4.98 Å². The van der Waals surface area contributed by atoms with Crippen LogP contribution in [0.4, 0.5) is 0 Å². The molecule has 7 heteroatoms. The normalized spacial score (nSPS) is 19.8. The van der Waals surface area contributed by atoms with Crippen LogP contribution in [0.15, 0.2) is 24.3 Å². The Morgan fingerprint density at radius 2 is 2.15 bits per heavy atom. The monoisotopic (exact) mass is 367 g/mol. The third-order valence-electron chi connectivity index (χ3n) is 5.49. The number of carbonyl (C=O) groups is 1. The average molecular weight is 367 g/mol. The van der Waals surface area contributed by atoms with E-state index in [1.807, 2.05) is 42.6 Å². The summed E-state index contributed by atoms with van der Waals surface area (Å²) in [6, 6.07) is 7.98. The van der Waals surface area contributed by atoms with Crippen molar-refractivity contribution in [3.8, 4) is 0 Å². The number of hydrogen-bond acceptors (Lipinski definition) is 5. The maximum atomic E-state index is 12.3. The first kappa shape index (κ1) is 17.9. The van der Waals surface area contributed by atoms with Crippen molar-refractivity contribution in [1.29, 1.82) is 0 Å². The van der Waals surface area contributed by atoms with Crippen molar-refractivity contribution in [3.63, 3.8) is 0 Å². The summed E-state index contributed by atoms with van der Waals surface area (Å²) >= 11 is 0. The van der Waals surface area contributed by atoms with Crippen molar-refractivity contribution in [1.82, 2.24) is 25.2 Å². The average Bonchev–Trinajstić information content (AvgIpc) is 3.23. The largest absolute Gasteiger partial charge is 0.391 e. The second-order valence-electron chi connectivity index (χ2n) is 7.30. The number of fused-ring (bicyclic) bond motifs is 3. The van der Waals surface area contributed by atoms with Gasteiger partial charge >= 0.3 is 0 Å². The molecule has 0 aliphatic carbocycles. The van der Waals surface area contributed by atoms with Crippen LogP contribution in [0.1, 0.15) is 23.4 Å². The Bertz CT molecular complexity index is 997. The highest BCUT2D eigenvalue weighted by atomic mass is 16.3. The molecule has 1 fully saturated rings. The van der Waals surface area contributed by atoms with E-state index in [1.165, 1.54) is 0 Å². The van der Waals surface area contributed by atoms with Crippen LogP contribution in [0.2, 0.25) is 0 Å². The first-order valence-corrected chi connectivity index (χ1v) is 9.43. The number of aliphatic hydroxyl groups excluding tert-OH is 1. The van der Waals surface area contributed by atoms with Gasteiger partial charge < -0.3 is 15.7 Å². The van der Waals surface area contributed by atoms with Gasteiger partial charge in [0.2, 0.25) is 5.91 Å². The molecule has 1 amide bonds. The van der Waals surface area contributed by atoms with Gasteiger partial charge in [-0.25, -0.2) is 9.50 Å². The van der Waals surface area contributed by atoms with Crippen molar-refractivity contribution >= 4 is 22.5 Å². The van der Waals surface area contributed by atoms with Crippen molar-refractivity contribution in [2.24, 2.45) is 5.92 Å². The van der Waals surface area contributed by atoms with E-state index in [0.29, 0.717) is 25.9 Å². The highest BCUT2D eigenvalue weighted by Gasteiger charge is 2.25. The number of aromatic nitrogens is 3. The molecule has 27 heavy (non-hydrogen) atoms. The molecule has 1 aliphatic rings. The fraction of sp³-hybridized carbons (Fsp3) is 0.450. The van der Waals surface area contributed by atoms with Crippen LogP contribution < -0.4 is 10.6 Å². The Kier molecular flexibility index (Phi) is 4.80. The molecule has 3 N–H and O–H groups in total. The second-order valence-corrected chi connectivity index (χ2v) is 7.30. The van der Waals surface area contributed by atoms with Crippen LogP contribution in [0.25, 0.3) is 16.6 Å². The number of nitrogens with zero attached hydrogens (tertiary/aromatic N) is 3. The van der Waals surface area contributed by atoms with Crippen LogP contribution in [0.3, 0.4) is 0 Å². The van der Waals surface area contributed by atoms with E-state index >= 15 is 0 Å². The zero-order valence-corrected chi connectivity index (χ0v) is 15.7. The fourth-order valence-electron chi connectivity index (χ4n) is 3.84. The first-order chi connectivity index (χ1) is 13.0. The summed E-state index contributed by atoms with van der Waals surface area (Å²) in [4.78, 5) is 17.0. The van der Waals surface area contributed by atoms with Crippen LogP contribution in [-0.4, -0.2) is 51.4 Å². The van der Waals surface area contributed by atoms with Gasteiger partial charge in [0, 0.05) is 48.7 Å². The lowest BCUT2D eigenvalue weighted by Gasteiger charge is -2.15. The highest BCUT2D eigenvalue weighted by Crippen LogP contribution is 2.22. The molecule has 1 saturated heterocycles.